The van der Waals surface area contributed by atoms with E-state index in [4.69, 9.17) is 5.26 Å². The average molecular weight is 135 g/mol. The van der Waals surface area contributed by atoms with E-state index in [0.29, 0.717) is 12.3 Å². The van der Waals surface area contributed by atoms with Crippen LogP contribution in [-0.2, 0) is 4.79 Å². The van der Waals surface area contributed by atoms with E-state index in [2.05, 4.69) is 6.07 Å². The van der Waals surface area contributed by atoms with Gasteiger partial charge in [0.25, 0.3) is 0 Å². The van der Waals surface area contributed by atoms with Crippen LogP contribution in [0.5, 0.6) is 0 Å². The Kier molecular flexibility index (Phi) is 0.947. The summed E-state index contributed by atoms with van der Waals surface area (Å²) in [5.74, 6) is 0.749. The number of ketones is 1. The van der Waals surface area contributed by atoms with Gasteiger partial charge in [0.1, 0.15) is 5.41 Å². The van der Waals surface area contributed by atoms with Gasteiger partial charge in [-0.05, 0) is 25.2 Å². The molecule has 2 saturated carbocycles. The van der Waals surface area contributed by atoms with Crippen LogP contribution in [0, 0.1) is 22.7 Å². The van der Waals surface area contributed by atoms with E-state index in [0.717, 1.165) is 19.3 Å². The van der Waals surface area contributed by atoms with Crippen molar-refractivity contribution in [1.29, 1.82) is 5.26 Å². The van der Waals surface area contributed by atoms with Crippen molar-refractivity contribution in [2.75, 3.05) is 0 Å². The zero-order valence-electron chi connectivity index (χ0n) is 5.76. The normalized spacial score (nSPS) is 43.9. The minimum absolute atomic E-state index is 0.200. The topological polar surface area (TPSA) is 40.9 Å². The van der Waals surface area contributed by atoms with E-state index >= 15 is 0 Å². The van der Waals surface area contributed by atoms with E-state index < -0.39 is 5.41 Å². The molecule has 2 aliphatic carbocycles. The summed E-state index contributed by atoms with van der Waals surface area (Å²) in [5.41, 5.74) is -0.523. The van der Waals surface area contributed by atoms with Crippen LogP contribution in [0.1, 0.15) is 25.7 Å². The lowest BCUT2D eigenvalue weighted by Crippen LogP contribution is -2.22. The largest absolute Gasteiger partial charge is 0.298 e. The fraction of sp³-hybridized carbons (Fsp3) is 0.750. The van der Waals surface area contributed by atoms with Gasteiger partial charge < -0.3 is 0 Å². The minimum atomic E-state index is -0.523. The number of fused-ring (bicyclic) bond motifs is 2. The molecule has 2 bridgehead atoms. The smallest absolute Gasteiger partial charge is 0.153 e. The third kappa shape index (κ3) is 0.507. The quantitative estimate of drug-likeness (QED) is 0.502. The number of nitriles is 1. The third-order valence-corrected chi connectivity index (χ3v) is 2.84. The molecule has 2 heteroatoms. The molecule has 0 amide bonds. The molecule has 0 N–H and O–H groups in total. The van der Waals surface area contributed by atoms with Crippen molar-refractivity contribution in [3.8, 4) is 6.07 Å². The highest BCUT2D eigenvalue weighted by Gasteiger charge is 2.51. The van der Waals surface area contributed by atoms with Gasteiger partial charge in [0, 0.05) is 6.42 Å². The highest BCUT2D eigenvalue weighted by Crippen LogP contribution is 2.50. The van der Waals surface area contributed by atoms with Crippen molar-refractivity contribution in [3.05, 3.63) is 0 Å². The lowest BCUT2D eigenvalue weighted by Gasteiger charge is -2.14. The Morgan fingerprint density at radius 3 is 2.80 bits per heavy atom. The summed E-state index contributed by atoms with van der Waals surface area (Å²) in [6, 6.07) is 2.17. The summed E-state index contributed by atoms with van der Waals surface area (Å²) in [6.07, 6.45) is 3.45. The van der Waals surface area contributed by atoms with Crippen LogP contribution in [0.4, 0.5) is 0 Å². The number of carbonyl (C=O) groups excluding carboxylic acids is 1. The Morgan fingerprint density at radius 2 is 2.50 bits per heavy atom. The number of nitrogens with zero attached hydrogens (tertiary/aromatic N) is 1. The molecule has 2 unspecified atom stereocenters. The predicted octanol–water partition coefficient (Wildman–Crippen LogP) is 1.27. The minimum Gasteiger partial charge on any atom is -0.298 e. The number of hydrogen-bond donors (Lipinski definition) is 0. The van der Waals surface area contributed by atoms with E-state index in [1.807, 2.05) is 0 Å². The van der Waals surface area contributed by atoms with Crippen molar-refractivity contribution >= 4 is 5.78 Å². The van der Waals surface area contributed by atoms with Gasteiger partial charge in [0.05, 0.1) is 6.07 Å². The van der Waals surface area contributed by atoms with Gasteiger partial charge in [-0.25, -0.2) is 0 Å². The molecule has 52 valence electrons. The second-order valence-electron chi connectivity index (χ2n) is 3.43. The maximum absolute atomic E-state index is 11.2. The van der Waals surface area contributed by atoms with E-state index in [1.54, 1.807) is 0 Å². The van der Waals surface area contributed by atoms with Crippen molar-refractivity contribution in [2.45, 2.75) is 25.7 Å². The maximum Gasteiger partial charge on any atom is 0.153 e. The van der Waals surface area contributed by atoms with Crippen molar-refractivity contribution < 1.29 is 4.79 Å². The Balaban J connectivity index is 2.38. The van der Waals surface area contributed by atoms with Gasteiger partial charge in [-0.15, -0.1) is 0 Å². The first-order valence-corrected chi connectivity index (χ1v) is 3.71. The summed E-state index contributed by atoms with van der Waals surface area (Å²) >= 11 is 0. The molecule has 0 aromatic carbocycles. The molecule has 0 radical (unpaired) electrons. The molecule has 0 aromatic heterocycles. The SMILES string of the molecule is N#CC12CCC(CC1=O)C2. The van der Waals surface area contributed by atoms with Crippen molar-refractivity contribution in [1.82, 2.24) is 0 Å². The second kappa shape index (κ2) is 1.60. The van der Waals surface area contributed by atoms with Crippen LogP contribution in [0.15, 0.2) is 0 Å². The first kappa shape index (κ1) is 5.91. The first-order chi connectivity index (χ1) is 4.77. The molecule has 2 fully saturated rings. The Morgan fingerprint density at radius 1 is 1.70 bits per heavy atom. The summed E-state index contributed by atoms with van der Waals surface area (Å²) < 4.78 is 0. The van der Waals surface area contributed by atoms with E-state index in [9.17, 15) is 4.79 Å². The maximum atomic E-state index is 11.2. The standard InChI is InChI=1S/C8H9NO/c9-5-8-2-1-6(4-8)3-7(8)10/h6H,1-4H2. The lowest BCUT2D eigenvalue weighted by molar-refractivity contribution is -0.124. The molecule has 0 saturated heterocycles. The van der Waals surface area contributed by atoms with Gasteiger partial charge in [-0.2, -0.15) is 5.26 Å². The highest BCUT2D eigenvalue weighted by atomic mass is 16.1. The zero-order chi connectivity index (χ0) is 7.19. The fourth-order valence-electron chi connectivity index (χ4n) is 2.20. The van der Waals surface area contributed by atoms with Gasteiger partial charge in [-0.1, -0.05) is 0 Å². The average Bonchev–Trinajstić information content (AvgIpc) is 2.44. The number of hydrogen-bond acceptors (Lipinski definition) is 2. The van der Waals surface area contributed by atoms with Crippen LogP contribution < -0.4 is 0 Å². The fourth-order valence-corrected chi connectivity index (χ4v) is 2.20. The molecular weight excluding hydrogens is 126 g/mol. The Hall–Kier alpha value is -0.840. The molecule has 0 spiro atoms. The van der Waals surface area contributed by atoms with Crippen LogP contribution in [0.3, 0.4) is 0 Å². The third-order valence-electron chi connectivity index (χ3n) is 2.84. The molecule has 10 heavy (non-hydrogen) atoms. The number of rotatable bonds is 0. The monoisotopic (exact) mass is 135 g/mol. The summed E-state index contributed by atoms with van der Waals surface area (Å²) in [6.45, 7) is 0. The molecule has 2 atom stereocenters. The second-order valence-corrected chi connectivity index (χ2v) is 3.43. The van der Waals surface area contributed by atoms with Crippen molar-refractivity contribution in [3.63, 3.8) is 0 Å². The van der Waals surface area contributed by atoms with E-state index in [-0.39, 0.29) is 5.78 Å². The number of carbonyl (C=O) groups is 1. The zero-order valence-corrected chi connectivity index (χ0v) is 5.76. The predicted molar refractivity (Wildman–Crippen MR) is 35.0 cm³/mol. The molecule has 0 aromatic rings. The summed E-state index contributed by atoms with van der Waals surface area (Å²) in [7, 11) is 0. The molecule has 2 aliphatic rings. The first-order valence-electron chi connectivity index (χ1n) is 3.71. The van der Waals surface area contributed by atoms with E-state index in [1.165, 1.54) is 0 Å². The summed E-state index contributed by atoms with van der Waals surface area (Å²) in [4.78, 5) is 11.2. The van der Waals surface area contributed by atoms with Crippen LogP contribution in [0.25, 0.3) is 0 Å². The van der Waals surface area contributed by atoms with Gasteiger partial charge in [-0.3, -0.25) is 4.79 Å². The molecule has 0 heterocycles. The van der Waals surface area contributed by atoms with Gasteiger partial charge in [0.2, 0.25) is 0 Å². The van der Waals surface area contributed by atoms with Crippen LogP contribution in [0.2, 0.25) is 0 Å². The number of Topliss-reactive ketones (excluding diaryl/α,β-unsaturated/α-hetero) is 1. The Bertz CT molecular complexity index is 228. The molecule has 2 nitrogen and oxygen atoms in total. The molecular formula is C8H9NO. The lowest BCUT2D eigenvalue weighted by atomic mass is 9.85. The molecule has 2 rings (SSSR count). The van der Waals surface area contributed by atoms with Gasteiger partial charge >= 0.3 is 0 Å². The van der Waals surface area contributed by atoms with Crippen LogP contribution in [-0.4, -0.2) is 5.78 Å². The van der Waals surface area contributed by atoms with Gasteiger partial charge in [0.15, 0.2) is 5.78 Å². The Labute approximate surface area is 59.8 Å². The summed E-state index contributed by atoms with van der Waals surface area (Å²) in [5, 5.41) is 8.74. The molecule has 0 aliphatic heterocycles. The van der Waals surface area contributed by atoms with Crippen molar-refractivity contribution in [2.24, 2.45) is 11.3 Å². The van der Waals surface area contributed by atoms with Crippen LogP contribution >= 0.6 is 0 Å². The highest BCUT2D eigenvalue weighted by molar-refractivity contribution is 5.90.